The van der Waals surface area contributed by atoms with Crippen molar-refractivity contribution in [2.45, 2.75) is 104 Å². The van der Waals surface area contributed by atoms with Gasteiger partial charge in [-0.05, 0) is 65.3 Å². The Labute approximate surface area is 208 Å². The molecule has 172 valence electrons. The monoisotopic (exact) mass is 588 g/mol. The summed E-state index contributed by atoms with van der Waals surface area (Å²) in [6.45, 7) is 18.4. The first-order valence-corrected chi connectivity index (χ1v) is 14.5. The van der Waals surface area contributed by atoms with Gasteiger partial charge in [0.1, 0.15) is 0 Å². The van der Waals surface area contributed by atoms with Crippen LogP contribution >= 0.6 is 0 Å². The third-order valence-electron chi connectivity index (χ3n) is 9.65. The van der Waals surface area contributed by atoms with Crippen molar-refractivity contribution in [2.24, 2.45) is 41.4 Å². The summed E-state index contributed by atoms with van der Waals surface area (Å²) in [6.07, 6.45) is 10.7. The zero-order valence-electron chi connectivity index (χ0n) is 22.1. The first kappa shape index (κ1) is 34.7. The van der Waals surface area contributed by atoms with Gasteiger partial charge >= 0.3 is 25.8 Å². The maximum atomic E-state index is 2.82. The van der Waals surface area contributed by atoms with E-state index < -0.39 is 8.07 Å². The van der Waals surface area contributed by atoms with Gasteiger partial charge in [-0.15, -0.1) is 0 Å². The van der Waals surface area contributed by atoms with Gasteiger partial charge in [0.05, 0.1) is 8.07 Å². The normalized spacial score (nSPS) is 40.9. The largest absolute Gasteiger partial charge is 4.00 e. The molecule has 0 nitrogen and oxygen atoms in total. The van der Waals surface area contributed by atoms with E-state index in [0.29, 0.717) is 0 Å². The van der Waals surface area contributed by atoms with Gasteiger partial charge in [0, 0.05) is 0 Å². The minimum absolute atomic E-state index is 0. The van der Waals surface area contributed by atoms with E-state index in [1.165, 1.54) is 25.7 Å². The van der Waals surface area contributed by atoms with Gasteiger partial charge in [-0.1, -0.05) is 79.8 Å². The van der Waals surface area contributed by atoms with Crippen molar-refractivity contribution in [3.05, 3.63) is 29.7 Å². The van der Waals surface area contributed by atoms with Gasteiger partial charge in [-0.3, -0.25) is 0 Å². The summed E-state index contributed by atoms with van der Waals surface area (Å²) in [5.74, 6) is 7.10. The molecule has 8 atom stereocenters. The Bertz CT molecular complexity index is 420. The summed E-state index contributed by atoms with van der Waals surface area (Å²) in [7, 11) is -1.23. The molecule has 8 unspecified atom stereocenters. The molecule has 3 aliphatic rings. The van der Waals surface area contributed by atoms with Crippen LogP contribution in [0.5, 0.6) is 0 Å². The van der Waals surface area contributed by atoms with E-state index in [1.807, 2.05) is 0 Å². The van der Waals surface area contributed by atoms with Crippen LogP contribution in [0.3, 0.4) is 0 Å². The summed E-state index contributed by atoms with van der Waals surface area (Å²) < 4.78 is 0. The molecule has 0 saturated heterocycles. The van der Waals surface area contributed by atoms with Crippen molar-refractivity contribution in [2.75, 3.05) is 0 Å². The van der Waals surface area contributed by atoms with Gasteiger partial charge in [0.15, 0.2) is 0 Å². The molecular weight excluding hydrogens is 531 g/mol. The molecule has 0 amide bonds. The Balaban J connectivity index is -0.00000135. The van der Waals surface area contributed by atoms with Crippen molar-refractivity contribution in [1.82, 2.24) is 0 Å². The quantitative estimate of drug-likeness (QED) is 0.227. The summed E-state index contributed by atoms with van der Waals surface area (Å²) in [5.41, 5.74) is 2.20. The molecule has 0 aliphatic heterocycles. The van der Waals surface area contributed by atoms with E-state index >= 15 is 0 Å². The number of hydrogen-bond acceptors (Lipinski definition) is 0. The molecule has 2 heteroatoms. The second-order valence-electron chi connectivity index (χ2n) is 10.8. The molecule has 0 spiro atoms. The predicted molar refractivity (Wildman–Crippen MR) is 136 cm³/mol. The third kappa shape index (κ3) is 6.11. The summed E-state index contributed by atoms with van der Waals surface area (Å²) in [6, 6.07) is 0. The Morgan fingerprint density at radius 1 is 0.724 bits per heavy atom. The van der Waals surface area contributed by atoms with Crippen LogP contribution in [0.4, 0.5) is 0 Å². The zero-order chi connectivity index (χ0) is 17.6. The number of hydrogen-bond donors (Lipinski definition) is 0. The van der Waals surface area contributed by atoms with Crippen molar-refractivity contribution in [1.29, 1.82) is 0 Å². The first-order valence-electron chi connectivity index (χ1n) is 11.3. The fourth-order valence-corrected chi connectivity index (χ4v) is 14.4. The smallest absolute Gasteiger partial charge is 0.358 e. The van der Waals surface area contributed by atoms with Gasteiger partial charge in [-0.2, -0.15) is 0 Å². The van der Waals surface area contributed by atoms with Crippen molar-refractivity contribution >= 4 is 8.07 Å². The molecule has 0 aromatic rings. The van der Waals surface area contributed by atoms with Crippen molar-refractivity contribution in [3.8, 4) is 0 Å². The summed E-state index contributed by atoms with van der Waals surface area (Å²) >= 11 is 0. The van der Waals surface area contributed by atoms with Crippen LogP contribution in [0.15, 0.2) is 0 Å². The van der Waals surface area contributed by atoms with Gasteiger partial charge in [0.2, 0.25) is 0 Å². The molecule has 0 aromatic carbocycles. The third-order valence-corrected chi connectivity index (χ3v) is 15.0. The molecule has 3 rings (SSSR count). The zero-order valence-corrected chi connectivity index (χ0v) is 26.7. The van der Waals surface area contributed by atoms with Gasteiger partial charge < -0.3 is 29.7 Å². The Morgan fingerprint density at radius 3 is 1.62 bits per heavy atom. The van der Waals surface area contributed by atoms with E-state index in [-0.39, 0.29) is 55.5 Å². The fourth-order valence-electron chi connectivity index (χ4n) is 8.20. The average Bonchev–Trinajstić information content (AvgIpc) is 3.01. The Hall–Kier alpha value is 1.09. The van der Waals surface area contributed by atoms with Crippen LogP contribution in [-0.4, -0.2) is 8.07 Å². The van der Waals surface area contributed by atoms with Gasteiger partial charge in [-0.25, -0.2) is 0 Å². The molecule has 0 radical (unpaired) electrons. The maximum absolute atomic E-state index is 2.82. The molecule has 3 fully saturated rings. The fraction of sp³-hybridized carbons (Fsp3) is 0.852. The molecule has 0 heterocycles. The predicted octanol–water partition coefficient (Wildman–Crippen LogP) is 9.42. The number of rotatable bonds is 4. The molecule has 0 N–H and O–H groups in total. The van der Waals surface area contributed by atoms with Crippen molar-refractivity contribution < 1.29 is 25.8 Å². The topological polar surface area (TPSA) is 0 Å². The van der Waals surface area contributed by atoms with Gasteiger partial charge in [0.25, 0.3) is 0 Å². The van der Waals surface area contributed by atoms with Crippen LogP contribution in [-0.2, 0) is 25.8 Å². The Kier molecular flexibility index (Phi) is 16.3. The molecule has 29 heavy (non-hydrogen) atoms. The minimum Gasteiger partial charge on any atom is -0.358 e. The second-order valence-corrected chi connectivity index (χ2v) is 15.8. The van der Waals surface area contributed by atoms with E-state index in [4.69, 9.17) is 0 Å². The van der Waals surface area contributed by atoms with Crippen LogP contribution in [0.1, 0.15) is 79.6 Å². The van der Waals surface area contributed by atoms with E-state index in [2.05, 4.69) is 47.7 Å². The summed E-state index contributed by atoms with van der Waals surface area (Å²) in [5, 5.41) is 0. The molecular formula is C27H56HfSi. The second kappa shape index (κ2) is 13.6. The number of fused-ring (bicyclic) bond motifs is 1. The van der Waals surface area contributed by atoms with Crippen LogP contribution in [0.25, 0.3) is 0 Å². The standard InChI is InChI=1S/C23H44Si.4CH3.Hf/c1-8-11-19-14-22(21-13-10-9-12-20(19)21)24(6,7)23-17(4)15(2)16(3)18(23)5;;;;;/h15-23H,8-14H2,1-7H3;4*1H3;/q;4*-1;+4. The maximum Gasteiger partial charge on any atom is 4.00 e. The summed E-state index contributed by atoms with van der Waals surface area (Å²) in [4.78, 5) is 0. The first-order chi connectivity index (χ1) is 11.3. The SMILES string of the molecule is CCCC1CC([Si](C)(C)C2C(C)C(C)C(C)C2C)C2CCCCC12.[CH3-].[CH3-].[CH3-].[CH3-].[Hf+4]. The van der Waals surface area contributed by atoms with Crippen LogP contribution in [0.2, 0.25) is 24.2 Å². The molecule has 0 bridgehead atoms. The van der Waals surface area contributed by atoms with E-state index in [0.717, 1.165) is 52.5 Å². The molecule has 3 aliphatic carbocycles. The van der Waals surface area contributed by atoms with E-state index in [1.54, 1.807) is 19.3 Å². The van der Waals surface area contributed by atoms with Crippen molar-refractivity contribution in [3.63, 3.8) is 0 Å². The van der Waals surface area contributed by atoms with Crippen LogP contribution < -0.4 is 0 Å². The van der Waals surface area contributed by atoms with Crippen LogP contribution in [0, 0.1) is 71.1 Å². The molecule has 3 saturated carbocycles. The average molecular weight is 587 g/mol. The minimum atomic E-state index is -1.23. The van der Waals surface area contributed by atoms with E-state index in [9.17, 15) is 0 Å². The molecule has 0 aromatic heterocycles. The Morgan fingerprint density at radius 2 is 1.17 bits per heavy atom.